The van der Waals surface area contributed by atoms with E-state index >= 15 is 0 Å². The van der Waals surface area contributed by atoms with Crippen LogP contribution in [0.5, 0.6) is 0 Å². The lowest BCUT2D eigenvalue weighted by atomic mass is 10.1. The highest BCUT2D eigenvalue weighted by Gasteiger charge is 2.16. The molecular weight excluding hydrogens is 316 g/mol. The van der Waals surface area contributed by atoms with Crippen LogP contribution in [0.1, 0.15) is 31.8 Å². The summed E-state index contributed by atoms with van der Waals surface area (Å²) in [5.41, 5.74) is 5.37. The summed E-state index contributed by atoms with van der Waals surface area (Å²) in [6, 6.07) is 22.8. The molecule has 4 heteroatoms. The summed E-state index contributed by atoms with van der Waals surface area (Å²) in [4.78, 5) is 20.9. The van der Waals surface area contributed by atoms with E-state index in [-0.39, 0.29) is 11.1 Å². The van der Waals surface area contributed by atoms with Crippen LogP contribution in [0.15, 0.2) is 72.8 Å². The van der Waals surface area contributed by atoms with Crippen molar-refractivity contribution >= 4 is 11.9 Å². The van der Waals surface area contributed by atoms with Gasteiger partial charge in [-0.1, -0.05) is 60.7 Å². The van der Waals surface area contributed by atoms with Gasteiger partial charge in [-0.05, 0) is 40.8 Å². The standard InChI is InChI=1S/C13H10.C8H6O4/c1-3-7-12-10(5-1)9-11-6-2-4-8-13(11)12;9-7(10)5-3-1-2-4-6(5)8(11)12/h1-8H,9H2;1-4H,(H,9,10)(H,11,12). The largest absolute Gasteiger partial charge is 0.478 e. The van der Waals surface area contributed by atoms with E-state index in [4.69, 9.17) is 10.2 Å². The van der Waals surface area contributed by atoms with Crippen molar-refractivity contribution in [1.29, 1.82) is 0 Å². The Morgan fingerprint density at radius 1 is 0.600 bits per heavy atom. The van der Waals surface area contributed by atoms with Gasteiger partial charge in [-0.3, -0.25) is 0 Å². The van der Waals surface area contributed by atoms with E-state index < -0.39 is 11.9 Å². The first-order valence-electron chi connectivity index (χ1n) is 7.79. The molecule has 0 unspecified atom stereocenters. The summed E-state index contributed by atoms with van der Waals surface area (Å²) in [6.45, 7) is 0. The van der Waals surface area contributed by atoms with Gasteiger partial charge >= 0.3 is 11.9 Å². The Morgan fingerprint density at radius 3 is 1.36 bits per heavy atom. The summed E-state index contributed by atoms with van der Waals surface area (Å²) in [6.07, 6.45) is 1.10. The molecule has 0 atom stereocenters. The Bertz CT molecular complexity index is 867. The summed E-state index contributed by atoms with van der Waals surface area (Å²) < 4.78 is 0. The first-order valence-corrected chi connectivity index (χ1v) is 7.79. The number of carbonyl (C=O) groups is 2. The van der Waals surface area contributed by atoms with Gasteiger partial charge in [0.05, 0.1) is 11.1 Å². The number of carboxylic acids is 2. The van der Waals surface area contributed by atoms with Crippen LogP contribution in [-0.4, -0.2) is 22.2 Å². The highest BCUT2D eigenvalue weighted by molar-refractivity contribution is 6.01. The molecule has 4 rings (SSSR count). The molecule has 0 saturated carbocycles. The predicted molar refractivity (Wildman–Crippen MR) is 95.0 cm³/mol. The molecular formula is C21H16O4. The molecule has 2 N–H and O–H groups in total. The Balaban J connectivity index is 0.000000147. The third-order valence-corrected chi connectivity index (χ3v) is 4.09. The number of aromatic carboxylic acids is 2. The molecule has 0 spiro atoms. The Kier molecular flexibility index (Phi) is 4.61. The molecule has 1 aliphatic carbocycles. The highest BCUT2D eigenvalue weighted by Crippen LogP contribution is 2.35. The monoisotopic (exact) mass is 332 g/mol. The average molecular weight is 332 g/mol. The zero-order valence-electron chi connectivity index (χ0n) is 13.3. The maximum Gasteiger partial charge on any atom is 0.336 e. The first-order chi connectivity index (χ1) is 12.1. The van der Waals surface area contributed by atoms with Crippen LogP contribution in [0.3, 0.4) is 0 Å². The number of carboxylic acid groups (broad SMARTS) is 2. The third-order valence-electron chi connectivity index (χ3n) is 4.09. The molecule has 0 heterocycles. The normalized spacial score (nSPS) is 10.9. The van der Waals surface area contributed by atoms with Gasteiger partial charge < -0.3 is 10.2 Å². The maximum absolute atomic E-state index is 10.5. The fraction of sp³-hybridized carbons (Fsp3) is 0.0476. The van der Waals surface area contributed by atoms with E-state index in [9.17, 15) is 9.59 Å². The minimum Gasteiger partial charge on any atom is -0.478 e. The van der Waals surface area contributed by atoms with E-state index in [1.165, 1.54) is 46.5 Å². The van der Waals surface area contributed by atoms with Crippen LogP contribution in [-0.2, 0) is 6.42 Å². The lowest BCUT2D eigenvalue weighted by Crippen LogP contribution is -2.06. The highest BCUT2D eigenvalue weighted by atomic mass is 16.4. The Morgan fingerprint density at radius 2 is 0.960 bits per heavy atom. The number of hydrogen-bond acceptors (Lipinski definition) is 2. The maximum atomic E-state index is 10.5. The van der Waals surface area contributed by atoms with E-state index in [1.807, 2.05) is 0 Å². The minimum atomic E-state index is -1.23. The molecule has 0 bridgehead atoms. The smallest absolute Gasteiger partial charge is 0.336 e. The van der Waals surface area contributed by atoms with E-state index in [0.717, 1.165) is 6.42 Å². The van der Waals surface area contributed by atoms with Crippen LogP contribution in [0.25, 0.3) is 11.1 Å². The van der Waals surface area contributed by atoms with Crippen molar-refractivity contribution in [2.24, 2.45) is 0 Å². The number of benzene rings is 3. The molecule has 0 radical (unpaired) electrons. The van der Waals surface area contributed by atoms with Crippen molar-refractivity contribution in [1.82, 2.24) is 0 Å². The summed E-state index contributed by atoms with van der Waals surface area (Å²) in [7, 11) is 0. The van der Waals surface area contributed by atoms with E-state index in [1.54, 1.807) is 0 Å². The molecule has 0 saturated heterocycles. The zero-order chi connectivity index (χ0) is 17.8. The van der Waals surface area contributed by atoms with Crippen LogP contribution >= 0.6 is 0 Å². The fourth-order valence-corrected chi connectivity index (χ4v) is 2.94. The van der Waals surface area contributed by atoms with E-state index in [2.05, 4.69) is 48.5 Å². The second-order valence-corrected chi connectivity index (χ2v) is 5.65. The Labute approximate surface area is 145 Å². The lowest BCUT2D eigenvalue weighted by Gasteiger charge is -1.98. The summed E-state index contributed by atoms with van der Waals surface area (Å²) in [5, 5.41) is 17.1. The minimum absolute atomic E-state index is 0.190. The molecule has 0 amide bonds. The first kappa shape index (κ1) is 16.5. The molecule has 0 aromatic heterocycles. The summed E-state index contributed by atoms with van der Waals surface area (Å²) >= 11 is 0. The fourth-order valence-electron chi connectivity index (χ4n) is 2.94. The van der Waals surface area contributed by atoms with Gasteiger partial charge in [0, 0.05) is 0 Å². The van der Waals surface area contributed by atoms with Crippen molar-refractivity contribution < 1.29 is 19.8 Å². The van der Waals surface area contributed by atoms with Crippen molar-refractivity contribution in [3.63, 3.8) is 0 Å². The van der Waals surface area contributed by atoms with Gasteiger partial charge in [-0.25, -0.2) is 9.59 Å². The Hall–Kier alpha value is -3.40. The average Bonchev–Trinajstić information content (AvgIpc) is 3.01. The van der Waals surface area contributed by atoms with Gasteiger partial charge in [-0.2, -0.15) is 0 Å². The van der Waals surface area contributed by atoms with Gasteiger partial charge in [0.1, 0.15) is 0 Å². The molecule has 1 aliphatic rings. The summed E-state index contributed by atoms with van der Waals surface area (Å²) in [5.74, 6) is -2.46. The lowest BCUT2D eigenvalue weighted by molar-refractivity contribution is 0.0651. The topological polar surface area (TPSA) is 74.6 Å². The van der Waals surface area contributed by atoms with Crippen molar-refractivity contribution in [2.45, 2.75) is 6.42 Å². The number of rotatable bonds is 2. The third kappa shape index (κ3) is 3.43. The van der Waals surface area contributed by atoms with Crippen LogP contribution in [0.4, 0.5) is 0 Å². The second-order valence-electron chi connectivity index (χ2n) is 5.65. The SMILES string of the molecule is O=C(O)c1ccccc1C(=O)O.c1ccc2c(c1)Cc1ccccc1-2. The van der Waals surface area contributed by atoms with Gasteiger partial charge in [0.2, 0.25) is 0 Å². The van der Waals surface area contributed by atoms with Crippen LogP contribution in [0, 0.1) is 0 Å². The van der Waals surface area contributed by atoms with Gasteiger partial charge in [-0.15, -0.1) is 0 Å². The van der Waals surface area contributed by atoms with Crippen LogP contribution < -0.4 is 0 Å². The molecule has 0 aliphatic heterocycles. The number of fused-ring (bicyclic) bond motifs is 3. The molecule has 3 aromatic carbocycles. The molecule has 25 heavy (non-hydrogen) atoms. The second kappa shape index (κ2) is 7.01. The van der Waals surface area contributed by atoms with Crippen molar-refractivity contribution in [2.75, 3.05) is 0 Å². The number of hydrogen-bond donors (Lipinski definition) is 2. The van der Waals surface area contributed by atoms with Crippen molar-refractivity contribution in [3.05, 3.63) is 95.1 Å². The van der Waals surface area contributed by atoms with Crippen LogP contribution in [0.2, 0.25) is 0 Å². The zero-order valence-corrected chi connectivity index (χ0v) is 13.3. The molecule has 0 fully saturated rings. The molecule has 124 valence electrons. The van der Waals surface area contributed by atoms with Crippen molar-refractivity contribution in [3.8, 4) is 11.1 Å². The van der Waals surface area contributed by atoms with Gasteiger partial charge in [0.25, 0.3) is 0 Å². The predicted octanol–water partition coefficient (Wildman–Crippen LogP) is 4.34. The van der Waals surface area contributed by atoms with E-state index in [0.29, 0.717) is 0 Å². The quantitative estimate of drug-likeness (QED) is 0.572. The molecule has 3 aromatic rings. The van der Waals surface area contributed by atoms with Gasteiger partial charge in [0.15, 0.2) is 0 Å². The molecule has 4 nitrogen and oxygen atoms in total.